The molecule has 0 aliphatic rings. The zero-order valence-electron chi connectivity index (χ0n) is 12.0. The topological polar surface area (TPSA) is 47.7 Å². The Morgan fingerprint density at radius 2 is 1.65 bits per heavy atom. The molecule has 0 saturated carbocycles. The fraction of sp³-hybridized carbons (Fsp3) is 0.571. The van der Waals surface area contributed by atoms with Crippen LogP contribution in [0.5, 0.6) is 11.5 Å². The molecule has 0 fully saturated rings. The average Bonchev–Trinajstić information content (AvgIpc) is 2.47. The van der Waals surface area contributed by atoms with Crippen molar-refractivity contribution in [1.82, 2.24) is 0 Å². The van der Waals surface area contributed by atoms with Crippen LogP contribution in [-0.4, -0.2) is 47.2 Å². The number of ether oxygens (including phenoxy) is 2. The van der Waals surface area contributed by atoms with E-state index in [9.17, 15) is 8.78 Å². The molecular weight excluding hydrogens is 266 g/mol. The zero-order chi connectivity index (χ0) is 15.0. The number of nitrogens with two attached hydrogens (primary N) is 1. The first-order chi connectivity index (χ1) is 9.71. The molecule has 1 aromatic carbocycles. The number of methoxy groups -OCH3 is 2. The van der Waals surface area contributed by atoms with Crippen LogP contribution in [0.4, 0.5) is 14.5 Å². The Morgan fingerprint density at radius 1 is 1.05 bits per heavy atom. The number of rotatable bonds is 9. The molecule has 1 rings (SSSR count). The number of hydrogen-bond acceptors (Lipinski definition) is 4. The average molecular weight is 288 g/mol. The summed E-state index contributed by atoms with van der Waals surface area (Å²) in [6.07, 6.45) is 0.645. The summed E-state index contributed by atoms with van der Waals surface area (Å²) in [4.78, 5) is 1.60. The van der Waals surface area contributed by atoms with E-state index in [1.54, 1.807) is 18.1 Å². The third-order valence-corrected chi connectivity index (χ3v) is 3.05. The van der Waals surface area contributed by atoms with Gasteiger partial charge in [0.25, 0.3) is 0 Å². The zero-order valence-corrected chi connectivity index (χ0v) is 12.0. The summed E-state index contributed by atoms with van der Waals surface area (Å²) < 4.78 is 35.9. The van der Waals surface area contributed by atoms with Crippen molar-refractivity contribution in [2.45, 2.75) is 6.42 Å². The molecule has 1 aromatic rings. The van der Waals surface area contributed by atoms with Gasteiger partial charge in [-0.1, -0.05) is 0 Å². The second kappa shape index (κ2) is 8.58. The summed E-state index contributed by atoms with van der Waals surface area (Å²) >= 11 is 0. The maximum atomic E-state index is 12.6. The maximum Gasteiger partial charge on any atom is 0.142 e. The fourth-order valence-electron chi connectivity index (χ4n) is 2.10. The highest BCUT2D eigenvalue weighted by molar-refractivity contribution is 5.64. The Bertz CT molecular complexity index is 410. The summed E-state index contributed by atoms with van der Waals surface area (Å²) in [5.74, 6) is 1.21. The number of nitrogens with zero attached hydrogens (tertiary/aromatic N) is 1. The predicted octanol–water partition coefficient (Wildman–Crippen LogP) is 1.95. The van der Waals surface area contributed by atoms with Crippen molar-refractivity contribution in [2.24, 2.45) is 5.73 Å². The summed E-state index contributed by atoms with van der Waals surface area (Å²) in [7, 11) is 3.08. The van der Waals surface area contributed by atoms with Gasteiger partial charge in [0, 0.05) is 19.2 Å². The smallest absolute Gasteiger partial charge is 0.142 e. The minimum absolute atomic E-state index is 0.111. The molecule has 2 N–H and O–H groups in total. The lowest BCUT2D eigenvalue weighted by molar-refractivity contribution is 0.396. The van der Waals surface area contributed by atoms with Gasteiger partial charge in [0.1, 0.15) is 24.8 Å². The first kappa shape index (κ1) is 16.5. The van der Waals surface area contributed by atoms with Crippen LogP contribution in [0.25, 0.3) is 0 Å². The van der Waals surface area contributed by atoms with Crippen molar-refractivity contribution in [3.63, 3.8) is 0 Å². The van der Waals surface area contributed by atoms with E-state index in [2.05, 4.69) is 0 Å². The number of alkyl halides is 2. The monoisotopic (exact) mass is 288 g/mol. The van der Waals surface area contributed by atoms with E-state index in [1.807, 2.05) is 6.07 Å². The summed E-state index contributed by atoms with van der Waals surface area (Å²) in [5.41, 5.74) is 7.10. The quantitative estimate of drug-likeness (QED) is 0.754. The number of halogens is 2. The van der Waals surface area contributed by atoms with Gasteiger partial charge in [-0.25, -0.2) is 8.78 Å². The maximum absolute atomic E-state index is 12.6. The van der Waals surface area contributed by atoms with Crippen LogP contribution in [0.1, 0.15) is 5.56 Å². The minimum Gasteiger partial charge on any atom is -0.496 e. The SMILES string of the molecule is COc1cc(N(CCF)CCF)c(OC)cc1CCN. The van der Waals surface area contributed by atoms with Crippen LogP contribution >= 0.6 is 0 Å². The van der Waals surface area contributed by atoms with Crippen molar-refractivity contribution in [3.05, 3.63) is 17.7 Å². The molecule has 114 valence electrons. The molecule has 0 amide bonds. The largest absolute Gasteiger partial charge is 0.496 e. The Balaban J connectivity index is 3.21. The lowest BCUT2D eigenvalue weighted by Gasteiger charge is -2.25. The highest BCUT2D eigenvalue weighted by Crippen LogP contribution is 2.35. The Morgan fingerprint density at radius 3 is 2.10 bits per heavy atom. The molecule has 0 saturated heterocycles. The normalized spacial score (nSPS) is 10.4. The van der Waals surface area contributed by atoms with E-state index in [1.165, 1.54) is 7.11 Å². The Labute approximate surface area is 118 Å². The van der Waals surface area contributed by atoms with Crippen molar-refractivity contribution >= 4 is 5.69 Å². The van der Waals surface area contributed by atoms with Crippen molar-refractivity contribution in [3.8, 4) is 11.5 Å². The van der Waals surface area contributed by atoms with Gasteiger partial charge in [-0.05, 0) is 24.6 Å². The van der Waals surface area contributed by atoms with Crippen LogP contribution < -0.4 is 20.1 Å². The van der Waals surface area contributed by atoms with E-state index >= 15 is 0 Å². The second-order valence-electron chi connectivity index (χ2n) is 4.24. The van der Waals surface area contributed by atoms with Crippen LogP contribution in [-0.2, 0) is 6.42 Å². The Hall–Kier alpha value is -1.56. The van der Waals surface area contributed by atoms with Gasteiger partial charge >= 0.3 is 0 Å². The van der Waals surface area contributed by atoms with E-state index < -0.39 is 13.3 Å². The van der Waals surface area contributed by atoms with E-state index in [-0.39, 0.29) is 13.1 Å². The standard InChI is InChI=1S/C14H22F2N2O2/c1-19-13-10-12(18(7-4-15)8-5-16)14(20-2)9-11(13)3-6-17/h9-10H,3-8,17H2,1-2H3. The van der Waals surface area contributed by atoms with Gasteiger partial charge < -0.3 is 20.1 Å². The third kappa shape index (κ3) is 3.96. The van der Waals surface area contributed by atoms with Gasteiger partial charge in [0.2, 0.25) is 0 Å². The van der Waals surface area contributed by atoms with Crippen LogP contribution in [0.3, 0.4) is 0 Å². The van der Waals surface area contributed by atoms with Gasteiger partial charge in [-0.3, -0.25) is 0 Å². The van der Waals surface area contributed by atoms with Crippen molar-refractivity contribution in [1.29, 1.82) is 0 Å². The highest BCUT2D eigenvalue weighted by Gasteiger charge is 2.16. The second-order valence-corrected chi connectivity index (χ2v) is 4.24. The molecule has 0 heterocycles. The van der Waals surface area contributed by atoms with Gasteiger partial charge in [0.05, 0.1) is 19.9 Å². The molecule has 0 aromatic heterocycles. The minimum atomic E-state index is -0.560. The summed E-state index contributed by atoms with van der Waals surface area (Å²) in [5, 5.41) is 0. The van der Waals surface area contributed by atoms with E-state index in [0.717, 1.165) is 5.56 Å². The van der Waals surface area contributed by atoms with Gasteiger partial charge in [-0.2, -0.15) is 0 Å². The van der Waals surface area contributed by atoms with Crippen molar-refractivity contribution < 1.29 is 18.3 Å². The fourth-order valence-corrected chi connectivity index (χ4v) is 2.10. The molecule has 0 unspecified atom stereocenters. The van der Waals surface area contributed by atoms with Crippen LogP contribution in [0.15, 0.2) is 12.1 Å². The molecule has 0 bridgehead atoms. The molecule has 0 radical (unpaired) electrons. The molecule has 0 aliphatic carbocycles. The predicted molar refractivity (Wildman–Crippen MR) is 76.5 cm³/mol. The first-order valence-corrected chi connectivity index (χ1v) is 6.53. The van der Waals surface area contributed by atoms with E-state index in [0.29, 0.717) is 30.2 Å². The molecule has 0 atom stereocenters. The lowest BCUT2D eigenvalue weighted by Crippen LogP contribution is -2.28. The molecule has 4 nitrogen and oxygen atoms in total. The molecule has 0 aliphatic heterocycles. The summed E-state index contributed by atoms with van der Waals surface area (Å²) in [6.45, 7) is -0.414. The van der Waals surface area contributed by atoms with E-state index in [4.69, 9.17) is 15.2 Å². The first-order valence-electron chi connectivity index (χ1n) is 6.53. The summed E-state index contributed by atoms with van der Waals surface area (Å²) in [6, 6.07) is 3.56. The number of anilines is 1. The lowest BCUT2D eigenvalue weighted by atomic mass is 10.1. The molecule has 0 spiro atoms. The third-order valence-electron chi connectivity index (χ3n) is 3.05. The number of hydrogen-bond donors (Lipinski definition) is 1. The molecular formula is C14H22F2N2O2. The van der Waals surface area contributed by atoms with Crippen LogP contribution in [0, 0.1) is 0 Å². The highest BCUT2D eigenvalue weighted by atomic mass is 19.1. The van der Waals surface area contributed by atoms with Gasteiger partial charge in [-0.15, -0.1) is 0 Å². The molecule has 6 heteroatoms. The molecule has 20 heavy (non-hydrogen) atoms. The number of benzene rings is 1. The van der Waals surface area contributed by atoms with Gasteiger partial charge in [0.15, 0.2) is 0 Å². The Kier molecular flexibility index (Phi) is 7.08. The van der Waals surface area contributed by atoms with Crippen LogP contribution in [0.2, 0.25) is 0 Å². The van der Waals surface area contributed by atoms with Crippen molar-refractivity contribution in [2.75, 3.05) is 52.1 Å².